The van der Waals surface area contributed by atoms with Gasteiger partial charge in [0.05, 0.1) is 17.8 Å². The van der Waals surface area contributed by atoms with Crippen molar-refractivity contribution in [3.63, 3.8) is 0 Å². The molecule has 1 unspecified atom stereocenters. The summed E-state index contributed by atoms with van der Waals surface area (Å²) in [5, 5.41) is 14.1. The van der Waals surface area contributed by atoms with E-state index in [1.807, 2.05) is 31.3 Å². The maximum absolute atomic E-state index is 9.96. The second-order valence-corrected chi connectivity index (χ2v) is 3.81. The fourth-order valence-corrected chi connectivity index (χ4v) is 1.65. The lowest BCUT2D eigenvalue weighted by Crippen LogP contribution is -1.97. The first-order valence-corrected chi connectivity index (χ1v) is 4.93. The van der Waals surface area contributed by atoms with E-state index in [0.29, 0.717) is 6.42 Å². The van der Waals surface area contributed by atoms with Crippen molar-refractivity contribution in [2.24, 2.45) is 0 Å². The summed E-state index contributed by atoms with van der Waals surface area (Å²) in [6, 6.07) is 5.80. The van der Waals surface area contributed by atoms with Crippen LogP contribution in [0.5, 0.6) is 0 Å². The highest BCUT2D eigenvalue weighted by Gasteiger charge is 2.12. The van der Waals surface area contributed by atoms with Crippen molar-refractivity contribution >= 4 is 5.52 Å². The molecule has 0 aliphatic heterocycles. The van der Waals surface area contributed by atoms with E-state index in [2.05, 4.69) is 11.7 Å². The monoisotopic (exact) mass is 202 g/mol. The third-order valence-corrected chi connectivity index (χ3v) is 2.36. The third kappa shape index (κ3) is 1.92. The second-order valence-electron chi connectivity index (χ2n) is 3.81. The van der Waals surface area contributed by atoms with E-state index in [1.54, 1.807) is 10.7 Å². The molecule has 0 spiro atoms. The number of fused-ring (bicyclic) bond motifs is 1. The van der Waals surface area contributed by atoms with Gasteiger partial charge in [0, 0.05) is 11.8 Å². The first kappa shape index (κ1) is 9.93. The SMILES string of the molecule is C=C(C)CC(O)c1cnn2ccccc12. The van der Waals surface area contributed by atoms with Crippen molar-refractivity contribution in [3.05, 3.63) is 48.3 Å². The van der Waals surface area contributed by atoms with Crippen molar-refractivity contribution in [3.8, 4) is 0 Å². The zero-order chi connectivity index (χ0) is 10.8. The fraction of sp³-hybridized carbons (Fsp3) is 0.250. The van der Waals surface area contributed by atoms with E-state index >= 15 is 0 Å². The number of pyridine rings is 1. The molecule has 0 radical (unpaired) electrons. The van der Waals surface area contributed by atoms with Gasteiger partial charge >= 0.3 is 0 Å². The Morgan fingerprint density at radius 3 is 3.13 bits per heavy atom. The van der Waals surface area contributed by atoms with Crippen LogP contribution in [-0.2, 0) is 0 Å². The average Bonchev–Trinajstić information content (AvgIpc) is 2.59. The first-order chi connectivity index (χ1) is 7.18. The van der Waals surface area contributed by atoms with Crippen LogP contribution in [0.1, 0.15) is 25.0 Å². The predicted molar refractivity (Wildman–Crippen MR) is 59.6 cm³/mol. The van der Waals surface area contributed by atoms with Gasteiger partial charge in [-0.05, 0) is 25.5 Å². The molecule has 2 rings (SSSR count). The molecular weight excluding hydrogens is 188 g/mol. The maximum atomic E-state index is 9.96. The van der Waals surface area contributed by atoms with Crippen molar-refractivity contribution in [2.75, 3.05) is 0 Å². The number of nitrogens with zero attached hydrogens (tertiary/aromatic N) is 2. The van der Waals surface area contributed by atoms with Gasteiger partial charge in [0.25, 0.3) is 0 Å². The van der Waals surface area contributed by atoms with Crippen LogP contribution >= 0.6 is 0 Å². The van der Waals surface area contributed by atoms with Crippen LogP contribution in [0.3, 0.4) is 0 Å². The van der Waals surface area contributed by atoms with Gasteiger partial charge in [-0.3, -0.25) is 0 Å². The molecule has 2 aromatic heterocycles. The van der Waals surface area contributed by atoms with E-state index in [1.165, 1.54) is 0 Å². The van der Waals surface area contributed by atoms with Crippen LogP contribution in [0.4, 0.5) is 0 Å². The molecule has 2 aromatic rings. The summed E-state index contributed by atoms with van der Waals surface area (Å²) in [5.41, 5.74) is 2.78. The number of hydrogen-bond acceptors (Lipinski definition) is 2. The van der Waals surface area contributed by atoms with Crippen LogP contribution in [0.15, 0.2) is 42.7 Å². The van der Waals surface area contributed by atoms with E-state index < -0.39 is 6.10 Å². The Bertz CT molecular complexity index is 487. The molecule has 1 N–H and O–H groups in total. The minimum absolute atomic E-state index is 0.512. The van der Waals surface area contributed by atoms with Gasteiger partial charge in [-0.2, -0.15) is 5.10 Å². The quantitative estimate of drug-likeness (QED) is 0.776. The predicted octanol–water partition coefficient (Wildman–Crippen LogP) is 2.33. The molecule has 0 fully saturated rings. The summed E-state index contributed by atoms with van der Waals surface area (Å²) >= 11 is 0. The summed E-state index contributed by atoms with van der Waals surface area (Å²) in [5.74, 6) is 0. The van der Waals surface area contributed by atoms with Crippen molar-refractivity contribution in [1.29, 1.82) is 0 Å². The average molecular weight is 202 g/mol. The third-order valence-electron chi connectivity index (χ3n) is 2.36. The molecule has 0 amide bonds. The second kappa shape index (κ2) is 3.87. The zero-order valence-electron chi connectivity index (χ0n) is 8.72. The summed E-state index contributed by atoms with van der Waals surface area (Å²) in [6.45, 7) is 5.71. The summed E-state index contributed by atoms with van der Waals surface area (Å²) < 4.78 is 1.76. The van der Waals surface area contributed by atoms with Crippen molar-refractivity contribution in [2.45, 2.75) is 19.4 Å². The van der Waals surface area contributed by atoms with Gasteiger partial charge in [0.15, 0.2) is 0 Å². The Kier molecular flexibility index (Phi) is 2.56. The van der Waals surface area contributed by atoms with Gasteiger partial charge in [-0.15, -0.1) is 6.58 Å². The number of aliphatic hydroxyl groups is 1. The van der Waals surface area contributed by atoms with Crippen molar-refractivity contribution in [1.82, 2.24) is 9.61 Å². The van der Waals surface area contributed by atoms with Crippen LogP contribution in [0, 0.1) is 0 Å². The number of rotatable bonds is 3. The van der Waals surface area contributed by atoms with Gasteiger partial charge in [-0.1, -0.05) is 11.6 Å². The minimum atomic E-state index is -0.512. The fourth-order valence-electron chi connectivity index (χ4n) is 1.65. The van der Waals surface area contributed by atoms with E-state index in [0.717, 1.165) is 16.7 Å². The molecule has 0 aliphatic carbocycles. The molecule has 3 heteroatoms. The first-order valence-electron chi connectivity index (χ1n) is 4.93. The van der Waals surface area contributed by atoms with Crippen LogP contribution < -0.4 is 0 Å². The molecule has 0 aliphatic rings. The Labute approximate surface area is 88.7 Å². The lowest BCUT2D eigenvalue weighted by atomic mass is 10.0. The Hall–Kier alpha value is -1.61. The lowest BCUT2D eigenvalue weighted by Gasteiger charge is -2.08. The van der Waals surface area contributed by atoms with Gasteiger partial charge in [-0.25, -0.2) is 4.52 Å². The number of hydrogen-bond donors (Lipinski definition) is 1. The smallest absolute Gasteiger partial charge is 0.0863 e. The molecular formula is C12H14N2O. The van der Waals surface area contributed by atoms with Crippen LogP contribution in [0.25, 0.3) is 5.52 Å². The number of aliphatic hydroxyl groups excluding tert-OH is 1. The Morgan fingerprint density at radius 2 is 2.40 bits per heavy atom. The van der Waals surface area contributed by atoms with E-state index in [4.69, 9.17) is 0 Å². The largest absolute Gasteiger partial charge is 0.388 e. The van der Waals surface area contributed by atoms with Gasteiger partial charge in [0.1, 0.15) is 0 Å². The van der Waals surface area contributed by atoms with Crippen LogP contribution in [0.2, 0.25) is 0 Å². The van der Waals surface area contributed by atoms with E-state index in [-0.39, 0.29) is 0 Å². The van der Waals surface area contributed by atoms with Gasteiger partial charge < -0.3 is 5.11 Å². The molecule has 1 atom stereocenters. The molecule has 3 nitrogen and oxygen atoms in total. The molecule has 0 saturated heterocycles. The highest BCUT2D eigenvalue weighted by molar-refractivity contribution is 5.54. The van der Waals surface area contributed by atoms with E-state index in [9.17, 15) is 5.11 Å². The molecule has 0 saturated carbocycles. The molecule has 15 heavy (non-hydrogen) atoms. The Balaban J connectivity index is 2.39. The minimum Gasteiger partial charge on any atom is -0.388 e. The maximum Gasteiger partial charge on any atom is 0.0863 e. The molecule has 0 aromatic carbocycles. The molecule has 0 bridgehead atoms. The Morgan fingerprint density at radius 1 is 1.60 bits per heavy atom. The van der Waals surface area contributed by atoms with Crippen molar-refractivity contribution < 1.29 is 5.11 Å². The van der Waals surface area contributed by atoms with Crippen LogP contribution in [-0.4, -0.2) is 14.7 Å². The topological polar surface area (TPSA) is 37.5 Å². The summed E-state index contributed by atoms with van der Waals surface area (Å²) in [4.78, 5) is 0. The zero-order valence-corrected chi connectivity index (χ0v) is 8.72. The number of aromatic nitrogens is 2. The summed E-state index contributed by atoms with van der Waals surface area (Å²) in [7, 11) is 0. The normalized spacial score (nSPS) is 12.9. The van der Waals surface area contributed by atoms with Gasteiger partial charge in [0.2, 0.25) is 0 Å². The lowest BCUT2D eigenvalue weighted by molar-refractivity contribution is 0.180. The summed E-state index contributed by atoms with van der Waals surface area (Å²) in [6.07, 6.45) is 3.65. The standard InChI is InChI=1S/C12H14N2O/c1-9(2)7-12(15)10-8-13-14-6-4-3-5-11(10)14/h3-6,8,12,15H,1,7H2,2H3. The highest BCUT2D eigenvalue weighted by Crippen LogP contribution is 2.23. The highest BCUT2D eigenvalue weighted by atomic mass is 16.3. The molecule has 2 heterocycles. The molecule has 78 valence electrons.